The lowest BCUT2D eigenvalue weighted by Gasteiger charge is -2.58. The van der Waals surface area contributed by atoms with Crippen molar-refractivity contribution in [3.05, 3.63) is 11.6 Å². The molecule has 0 aromatic rings. The summed E-state index contributed by atoms with van der Waals surface area (Å²) in [5.41, 5.74) is 2.40. The lowest BCUT2D eigenvalue weighted by atomic mass is 9.46. The predicted molar refractivity (Wildman–Crippen MR) is 102 cm³/mol. The van der Waals surface area contributed by atoms with Gasteiger partial charge >= 0.3 is 0 Å². The van der Waals surface area contributed by atoms with E-state index in [1.165, 1.54) is 38.5 Å². The van der Waals surface area contributed by atoms with Crippen molar-refractivity contribution >= 4 is 5.78 Å². The van der Waals surface area contributed by atoms with Gasteiger partial charge in [-0.3, -0.25) is 4.79 Å². The molecule has 0 aromatic carbocycles. The monoisotopic (exact) mass is 351 g/mol. The maximum atomic E-state index is 12.1. The summed E-state index contributed by atoms with van der Waals surface area (Å²) in [5.74, 6) is 5.49. The fraction of sp³-hybridized carbons (Fsp3) is 0.833. The molecule has 2 nitrogen and oxygen atoms in total. The number of nitrogens with zero attached hydrogens (tertiary/aromatic N) is 1. The SMILES string of the molecule is C[C@]12CCC3C(C1CCC2CCCC#N)[C@@H]1C[C@@H]1C1=CC(=O)CC[C@@]13C. The Hall–Kier alpha value is -1.10. The Bertz CT molecular complexity index is 701. The second kappa shape index (κ2) is 5.70. The number of carbonyl (C=O) groups excluding carboxylic acids is 1. The van der Waals surface area contributed by atoms with Crippen LogP contribution in [0.2, 0.25) is 0 Å². The third-order valence-corrected chi connectivity index (χ3v) is 9.79. The van der Waals surface area contributed by atoms with Crippen molar-refractivity contribution in [3.63, 3.8) is 0 Å². The van der Waals surface area contributed by atoms with Gasteiger partial charge in [-0.2, -0.15) is 5.26 Å². The molecule has 5 rings (SSSR count). The van der Waals surface area contributed by atoms with Gasteiger partial charge in [0.1, 0.15) is 0 Å². The first-order valence-corrected chi connectivity index (χ1v) is 11.1. The zero-order valence-corrected chi connectivity index (χ0v) is 16.5. The third kappa shape index (κ3) is 2.18. The summed E-state index contributed by atoms with van der Waals surface area (Å²) in [6.07, 6.45) is 14.0. The van der Waals surface area contributed by atoms with Crippen molar-refractivity contribution in [2.24, 2.45) is 46.3 Å². The third-order valence-electron chi connectivity index (χ3n) is 9.79. The van der Waals surface area contributed by atoms with E-state index in [0.717, 1.165) is 61.2 Å². The van der Waals surface area contributed by atoms with Crippen LogP contribution in [0.15, 0.2) is 11.6 Å². The highest BCUT2D eigenvalue weighted by atomic mass is 16.1. The molecule has 2 heteroatoms. The van der Waals surface area contributed by atoms with Crippen molar-refractivity contribution in [3.8, 4) is 6.07 Å². The lowest BCUT2D eigenvalue weighted by Crippen LogP contribution is -2.51. The fourth-order valence-electron chi connectivity index (χ4n) is 8.41. The molecule has 5 aliphatic rings. The summed E-state index contributed by atoms with van der Waals surface area (Å²) in [6, 6.07) is 2.34. The second-order valence-electron chi connectivity index (χ2n) is 10.6. The van der Waals surface area contributed by atoms with Gasteiger partial charge in [0.2, 0.25) is 0 Å². The van der Waals surface area contributed by atoms with Crippen LogP contribution in [0.1, 0.15) is 78.1 Å². The maximum Gasteiger partial charge on any atom is 0.155 e. The molecule has 4 fully saturated rings. The molecule has 26 heavy (non-hydrogen) atoms. The summed E-state index contributed by atoms with van der Waals surface area (Å²) in [7, 11) is 0. The molecule has 0 aliphatic heterocycles. The van der Waals surface area contributed by atoms with E-state index in [1.54, 1.807) is 5.57 Å². The first-order valence-electron chi connectivity index (χ1n) is 11.1. The number of unbranched alkanes of at least 4 members (excludes halogenated alkanes) is 1. The number of rotatable bonds is 3. The van der Waals surface area contributed by atoms with Gasteiger partial charge in [0.05, 0.1) is 6.07 Å². The van der Waals surface area contributed by atoms with Gasteiger partial charge in [0.25, 0.3) is 0 Å². The van der Waals surface area contributed by atoms with Crippen LogP contribution >= 0.6 is 0 Å². The lowest BCUT2D eigenvalue weighted by molar-refractivity contribution is -0.117. The Morgan fingerprint density at radius 2 is 2.04 bits per heavy atom. The predicted octanol–water partition coefficient (Wildman–Crippen LogP) is 5.68. The standard InChI is InChI=1S/C24H33NO/c1-23-11-9-20-22(19(23)7-6-15(23)5-3-4-12-25)18-14-17(18)21-13-16(26)8-10-24(20,21)2/h13,15,17-20,22H,3-11,14H2,1-2H3/t15?,17-,18+,19?,20?,22?,23+,24+/m0/s1. The van der Waals surface area contributed by atoms with Crippen LogP contribution in [-0.2, 0) is 4.79 Å². The molecule has 4 saturated carbocycles. The molecule has 0 heterocycles. The Balaban J connectivity index is 1.43. The fourth-order valence-corrected chi connectivity index (χ4v) is 8.41. The van der Waals surface area contributed by atoms with Crippen molar-refractivity contribution in [2.45, 2.75) is 78.1 Å². The van der Waals surface area contributed by atoms with E-state index in [1.807, 2.05) is 0 Å². The number of carbonyl (C=O) groups is 1. The molecular formula is C24H33NO. The Morgan fingerprint density at radius 1 is 1.19 bits per heavy atom. The van der Waals surface area contributed by atoms with Gasteiger partial charge in [-0.1, -0.05) is 19.4 Å². The van der Waals surface area contributed by atoms with E-state index in [-0.39, 0.29) is 0 Å². The van der Waals surface area contributed by atoms with Crippen molar-refractivity contribution < 1.29 is 4.79 Å². The second-order valence-corrected chi connectivity index (χ2v) is 10.6. The number of nitriles is 1. The van der Waals surface area contributed by atoms with Gasteiger partial charge in [-0.15, -0.1) is 0 Å². The number of fused-ring (bicyclic) bond motifs is 8. The van der Waals surface area contributed by atoms with Gasteiger partial charge in [-0.05, 0) is 104 Å². The molecule has 4 unspecified atom stereocenters. The largest absolute Gasteiger partial charge is 0.295 e. The van der Waals surface area contributed by atoms with Crippen molar-refractivity contribution in [1.29, 1.82) is 5.26 Å². The summed E-state index contributed by atoms with van der Waals surface area (Å²) in [6.45, 7) is 5.12. The number of allylic oxidation sites excluding steroid dienone is 1. The highest BCUT2D eigenvalue weighted by molar-refractivity contribution is 5.92. The molecule has 0 saturated heterocycles. The number of hydrogen-bond acceptors (Lipinski definition) is 2. The van der Waals surface area contributed by atoms with Gasteiger partial charge in [0.15, 0.2) is 5.78 Å². The molecule has 0 amide bonds. The smallest absolute Gasteiger partial charge is 0.155 e. The molecule has 0 radical (unpaired) electrons. The van der Waals surface area contributed by atoms with Crippen LogP contribution in [0.3, 0.4) is 0 Å². The minimum absolute atomic E-state index is 0.316. The van der Waals surface area contributed by atoms with E-state index >= 15 is 0 Å². The van der Waals surface area contributed by atoms with E-state index in [4.69, 9.17) is 5.26 Å². The van der Waals surface area contributed by atoms with Gasteiger partial charge in [0, 0.05) is 12.8 Å². The molecule has 0 spiro atoms. The Labute approximate surface area is 158 Å². The average molecular weight is 352 g/mol. The molecule has 140 valence electrons. The van der Waals surface area contributed by atoms with Gasteiger partial charge < -0.3 is 0 Å². The Kier molecular flexibility index (Phi) is 3.73. The van der Waals surface area contributed by atoms with Crippen LogP contribution in [0.5, 0.6) is 0 Å². The van der Waals surface area contributed by atoms with Crippen molar-refractivity contribution in [1.82, 2.24) is 0 Å². The Morgan fingerprint density at radius 3 is 2.85 bits per heavy atom. The molecule has 0 aromatic heterocycles. The minimum atomic E-state index is 0.316. The van der Waals surface area contributed by atoms with Crippen LogP contribution in [0.4, 0.5) is 0 Å². The molecule has 0 bridgehead atoms. The average Bonchev–Trinajstić information content (AvgIpc) is 3.34. The topological polar surface area (TPSA) is 40.9 Å². The van der Waals surface area contributed by atoms with E-state index in [0.29, 0.717) is 16.6 Å². The first kappa shape index (κ1) is 17.0. The molecule has 8 atom stereocenters. The molecular weight excluding hydrogens is 318 g/mol. The zero-order chi connectivity index (χ0) is 18.1. The van der Waals surface area contributed by atoms with Crippen molar-refractivity contribution in [2.75, 3.05) is 0 Å². The van der Waals surface area contributed by atoms with E-state index in [9.17, 15) is 4.79 Å². The minimum Gasteiger partial charge on any atom is -0.295 e. The quantitative estimate of drug-likeness (QED) is 0.613. The number of ketones is 1. The van der Waals surface area contributed by atoms with Gasteiger partial charge in [-0.25, -0.2) is 0 Å². The summed E-state index contributed by atoms with van der Waals surface area (Å²) in [4.78, 5) is 12.1. The maximum absolute atomic E-state index is 12.1. The van der Waals surface area contributed by atoms with Crippen LogP contribution in [0.25, 0.3) is 0 Å². The van der Waals surface area contributed by atoms with E-state index < -0.39 is 0 Å². The number of hydrogen-bond donors (Lipinski definition) is 0. The summed E-state index contributed by atoms with van der Waals surface area (Å²) in [5, 5.41) is 8.91. The van der Waals surface area contributed by atoms with Crippen LogP contribution in [-0.4, -0.2) is 5.78 Å². The van der Waals surface area contributed by atoms with Crippen LogP contribution in [0, 0.1) is 57.7 Å². The first-order chi connectivity index (χ1) is 12.5. The highest BCUT2D eigenvalue weighted by Crippen LogP contribution is 2.74. The molecule has 5 aliphatic carbocycles. The zero-order valence-electron chi connectivity index (χ0n) is 16.5. The van der Waals surface area contributed by atoms with Crippen LogP contribution < -0.4 is 0 Å². The summed E-state index contributed by atoms with van der Waals surface area (Å²) < 4.78 is 0. The van der Waals surface area contributed by atoms with E-state index in [2.05, 4.69) is 26.0 Å². The summed E-state index contributed by atoms with van der Waals surface area (Å²) >= 11 is 0. The highest BCUT2D eigenvalue weighted by Gasteiger charge is 2.67. The normalized spacial score (nSPS) is 51.4. The molecule has 0 N–H and O–H groups in total.